The van der Waals surface area contributed by atoms with Crippen LogP contribution in [-0.2, 0) is 19.3 Å². The van der Waals surface area contributed by atoms with E-state index in [9.17, 15) is 0 Å². The summed E-state index contributed by atoms with van der Waals surface area (Å²) in [6.07, 6.45) is 7.24. The Kier molecular flexibility index (Phi) is 5.62. The lowest BCUT2D eigenvalue weighted by molar-refractivity contribution is 0.501. The molecular weight excluding hydrogens is 280 g/mol. The summed E-state index contributed by atoms with van der Waals surface area (Å²) in [6.45, 7) is 7.35. The van der Waals surface area contributed by atoms with Gasteiger partial charge in [0.1, 0.15) is 0 Å². The number of hydrogen-bond donors (Lipinski definition) is 2. The first-order chi connectivity index (χ1) is 9.98. The topological polar surface area (TPSA) is 49.3 Å². The van der Waals surface area contributed by atoms with E-state index in [2.05, 4.69) is 36.4 Å². The highest BCUT2D eigenvalue weighted by Crippen LogP contribution is 2.27. The van der Waals surface area contributed by atoms with Gasteiger partial charge in [-0.25, -0.2) is 4.98 Å². The van der Waals surface area contributed by atoms with Crippen LogP contribution in [0.25, 0.3) is 0 Å². The Morgan fingerprint density at radius 1 is 1.29 bits per heavy atom. The highest BCUT2D eigenvalue weighted by atomic mass is 32.1. The van der Waals surface area contributed by atoms with Crippen molar-refractivity contribution in [2.45, 2.75) is 64.8 Å². The van der Waals surface area contributed by atoms with E-state index in [1.165, 1.54) is 41.3 Å². The first-order valence-electron chi connectivity index (χ1n) is 7.94. The smallest absolute Gasteiger partial charge is 0.191 e. The van der Waals surface area contributed by atoms with Crippen LogP contribution >= 0.6 is 11.3 Å². The van der Waals surface area contributed by atoms with Gasteiger partial charge in [-0.05, 0) is 52.9 Å². The molecule has 4 nitrogen and oxygen atoms in total. The molecule has 2 rings (SSSR count). The number of hydrogen-bond acceptors (Lipinski definition) is 3. The quantitative estimate of drug-likeness (QED) is 0.511. The van der Waals surface area contributed by atoms with Crippen LogP contribution in [0.2, 0.25) is 0 Å². The molecule has 0 saturated heterocycles. The normalized spacial score (nSPS) is 15.7. The minimum Gasteiger partial charge on any atom is -0.356 e. The third-order valence-electron chi connectivity index (χ3n) is 3.47. The van der Waals surface area contributed by atoms with Crippen molar-refractivity contribution < 1.29 is 0 Å². The van der Waals surface area contributed by atoms with Crippen molar-refractivity contribution in [1.29, 1.82) is 0 Å². The molecule has 1 aromatic heterocycles. The number of aromatic nitrogens is 1. The predicted octanol–water partition coefficient (Wildman–Crippen LogP) is 2.92. The summed E-state index contributed by atoms with van der Waals surface area (Å²) in [7, 11) is 1.82. The zero-order valence-corrected chi connectivity index (χ0v) is 14.6. The van der Waals surface area contributed by atoms with Crippen molar-refractivity contribution in [3.05, 3.63) is 15.6 Å². The number of nitrogens with one attached hydrogen (secondary N) is 2. The molecule has 0 fully saturated rings. The van der Waals surface area contributed by atoms with Gasteiger partial charge in [-0.3, -0.25) is 4.99 Å². The average Bonchev–Trinajstić information content (AvgIpc) is 2.83. The van der Waals surface area contributed by atoms with E-state index in [1.54, 1.807) is 0 Å². The summed E-state index contributed by atoms with van der Waals surface area (Å²) in [4.78, 5) is 10.6. The largest absolute Gasteiger partial charge is 0.356 e. The Morgan fingerprint density at radius 2 is 2.05 bits per heavy atom. The van der Waals surface area contributed by atoms with Crippen molar-refractivity contribution in [2.24, 2.45) is 4.99 Å². The monoisotopic (exact) mass is 308 g/mol. The second kappa shape index (κ2) is 7.25. The van der Waals surface area contributed by atoms with Crippen LogP contribution in [-0.4, -0.2) is 30.1 Å². The molecule has 0 radical (unpaired) electrons. The molecule has 0 saturated carbocycles. The molecule has 21 heavy (non-hydrogen) atoms. The van der Waals surface area contributed by atoms with Gasteiger partial charge >= 0.3 is 0 Å². The molecule has 0 aliphatic heterocycles. The van der Waals surface area contributed by atoms with Crippen LogP contribution in [0.4, 0.5) is 0 Å². The second-order valence-electron chi connectivity index (χ2n) is 6.66. The van der Waals surface area contributed by atoms with E-state index >= 15 is 0 Å². The molecule has 0 unspecified atom stereocenters. The SMILES string of the molecule is CN=C(NCCCc1nc2c(s1)CCCC2)NC(C)(C)C. The van der Waals surface area contributed by atoms with E-state index in [4.69, 9.17) is 4.98 Å². The van der Waals surface area contributed by atoms with Gasteiger partial charge in [0.05, 0.1) is 10.7 Å². The van der Waals surface area contributed by atoms with Crippen molar-refractivity contribution in [1.82, 2.24) is 15.6 Å². The first kappa shape index (κ1) is 16.3. The fourth-order valence-electron chi connectivity index (χ4n) is 2.49. The lowest BCUT2D eigenvalue weighted by Gasteiger charge is -2.23. The molecule has 5 heteroatoms. The lowest BCUT2D eigenvalue weighted by Crippen LogP contribution is -2.47. The molecule has 0 atom stereocenters. The highest BCUT2D eigenvalue weighted by Gasteiger charge is 2.15. The maximum atomic E-state index is 4.79. The van der Waals surface area contributed by atoms with Crippen molar-refractivity contribution in [3.8, 4) is 0 Å². The first-order valence-corrected chi connectivity index (χ1v) is 8.76. The third-order valence-corrected chi connectivity index (χ3v) is 4.68. The maximum Gasteiger partial charge on any atom is 0.191 e. The predicted molar refractivity (Wildman–Crippen MR) is 91.3 cm³/mol. The summed E-state index contributed by atoms with van der Waals surface area (Å²) in [5, 5.41) is 8.05. The van der Waals surface area contributed by atoms with Crippen LogP contribution in [0.3, 0.4) is 0 Å². The lowest BCUT2D eigenvalue weighted by atomic mass is 10.0. The minimum absolute atomic E-state index is 0.0379. The maximum absolute atomic E-state index is 4.79. The van der Waals surface area contributed by atoms with E-state index in [0.29, 0.717) is 0 Å². The van der Waals surface area contributed by atoms with Crippen LogP contribution < -0.4 is 10.6 Å². The number of aryl methyl sites for hydroxylation is 3. The molecular formula is C16H28N4S. The number of rotatable bonds is 4. The standard InChI is InChI=1S/C16H28N4S/c1-16(2,3)20-15(17-4)18-11-7-10-14-19-12-8-5-6-9-13(12)21-14/h5-11H2,1-4H3,(H2,17,18,20). The Balaban J connectivity index is 1.73. The molecule has 1 aliphatic carbocycles. The van der Waals surface area contributed by atoms with Crippen LogP contribution in [0.1, 0.15) is 55.6 Å². The zero-order valence-electron chi connectivity index (χ0n) is 13.8. The molecule has 1 aliphatic rings. The van der Waals surface area contributed by atoms with E-state index in [1.807, 2.05) is 18.4 Å². The summed E-state index contributed by atoms with van der Waals surface area (Å²) >= 11 is 1.93. The van der Waals surface area contributed by atoms with Gasteiger partial charge in [0.15, 0.2) is 5.96 Å². The number of guanidine groups is 1. The van der Waals surface area contributed by atoms with Crippen LogP contribution in [0.15, 0.2) is 4.99 Å². The Labute approximate surface area is 132 Å². The van der Waals surface area contributed by atoms with E-state index in [0.717, 1.165) is 25.3 Å². The number of fused-ring (bicyclic) bond motifs is 1. The van der Waals surface area contributed by atoms with Crippen molar-refractivity contribution >= 4 is 17.3 Å². The third kappa shape index (κ3) is 5.30. The highest BCUT2D eigenvalue weighted by molar-refractivity contribution is 7.11. The fraction of sp³-hybridized carbons (Fsp3) is 0.750. The fourth-order valence-corrected chi connectivity index (χ4v) is 3.69. The zero-order chi connectivity index (χ0) is 15.3. The van der Waals surface area contributed by atoms with Gasteiger partial charge in [0.25, 0.3) is 0 Å². The molecule has 118 valence electrons. The van der Waals surface area contributed by atoms with Crippen molar-refractivity contribution in [2.75, 3.05) is 13.6 Å². The van der Waals surface area contributed by atoms with Gasteiger partial charge in [-0.15, -0.1) is 11.3 Å². The molecule has 0 amide bonds. The Hall–Kier alpha value is -1.10. The van der Waals surface area contributed by atoms with Crippen LogP contribution in [0.5, 0.6) is 0 Å². The van der Waals surface area contributed by atoms with Gasteiger partial charge in [-0.1, -0.05) is 0 Å². The van der Waals surface area contributed by atoms with E-state index in [-0.39, 0.29) is 5.54 Å². The summed E-state index contributed by atoms with van der Waals surface area (Å²) in [5.74, 6) is 0.876. The molecule has 2 N–H and O–H groups in total. The Morgan fingerprint density at radius 3 is 2.71 bits per heavy atom. The molecule has 0 spiro atoms. The van der Waals surface area contributed by atoms with Crippen LogP contribution in [0, 0.1) is 0 Å². The van der Waals surface area contributed by atoms with Crippen molar-refractivity contribution in [3.63, 3.8) is 0 Å². The van der Waals surface area contributed by atoms with Gasteiger partial charge in [0.2, 0.25) is 0 Å². The van der Waals surface area contributed by atoms with E-state index < -0.39 is 0 Å². The average molecular weight is 308 g/mol. The summed E-state index contributed by atoms with van der Waals surface area (Å²) in [6, 6.07) is 0. The summed E-state index contributed by atoms with van der Waals surface area (Å²) < 4.78 is 0. The van der Waals surface area contributed by atoms with Gasteiger partial charge < -0.3 is 10.6 Å². The van der Waals surface area contributed by atoms with Gasteiger partial charge in [-0.2, -0.15) is 0 Å². The number of thiazole rings is 1. The second-order valence-corrected chi connectivity index (χ2v) is 7.83. The summed E-state index contributed by atoms with van der Waals surface area (Å²) in [5.41, 5.74) is 1.41. The Bertz CT molecular complexity index is 461. The number of aliphatic imine (C=N–C) groups is 1. The molecule has 0 bridgehead atoms. The molecule has 0 aromatic carbocycles. The minimum atomic E-state index is 0.0379. The number of nitrogens with zero attached hydrogens (tertiary/aromatic N) is 2. The molecule has 1 aromatic rings. The molecule has 1 heterocycles. The van der Waals surface area contributed by atoms with Gasteiger partial charge in [0, 0.05) is 30.4 Å².